The number of nitrogens with one attached hydrogen (secondary N) is 2. The molecule has 0 radical (unpaired) electrons. The first kappa shape index (κ1) is 15.4. The van der Waals surface area contributed by atoms with Gasteiger partial charge in [0.15, 0.2) is 0 Å². The van der Waals surface area contributed by atoms with Gasteiger partial charge in [0.25, 0.3) is 0 Å². The van der Waals surface area contributed by atoms with Crippen molar-refractivity contribution in [2.24, 2.45) is 5.73 Å². The molecule has 1 saturated heterocycles. The van der Waals surface area contributed by atoms with Gasteiger partial charge in [-0.2, -0.15) is 10.1 Å². The number of nitrogens with zero attached hydrogens (tertiary/aromatic N) is 4. The lowest BCUT2D eigenvalue weighted by Gasteiger charge is -2.32. The molecule has 1 aliphatic carbocycles. The predicted molar refractivity (Wildman–Crippen MR) is 94.2 cm³/mol. The smallest absolute Gasteiger partial charge is 0.227 e. The molecule has 24 heavy (non-hydrogen) atoms. The average Bonchev–Trinajstić information content (AvgIpc) is 3.25. The number of aromatic nitrogens is 4. The summed E-state index contributed by atoms with van der Waals surface area (Å²) in [7, 11) is 0. The molecule has 0 atom stereocenters. The fourth-order valence-electron chi connectivity index (χ4n) is 3.46. The molecule has 2 aliphatic rings. The van der Waals surface area contributed by atoms with Gasteiger partial charge in [0, 0.05) is 56.0 Å². The van der Waals surface area contributed by atoms with Crippen LogP contribution < -0.4 is 16.0 Å². The van der Waals surface area contributed by atoms with Gasteiger partial charge < -0.3 is 16.0 Å². The van der Waals surface area contributed by atoms with E-state index in [0.717, 1.165) is 62.1 Å². The highest BCUT2D eigenvalue weighted by Gasteiger charge is 2.30. The van der Waals surface area contributed by atoms with E-state index in [4.69, 9.17) is 15.7 Å². The summed E-state index contributed by atoms with van der Waals surface area (Å²) in [5, 5.41) is 10.4. The molecular weight excluding hydrogens is 302 g/mol. The Balaban J connectivity index is 1.48. The van der Waals surface area contributed by atoms with Gasteiger partial charge in [-0.15, -0.1) is 0 Å². The minimum atomic E-state index is 0.331. The Kier molecular flexibility index (Phi) is 4.34. The van der Waals surface area contributed by atoms with Crippen LogP contribution >= 0.6 is 0 Å². The first-order chi connectivity index (χ1) is 11.8. The molecule has 7 heteroatoms. The van der Waals surface area contributed by atoms with E-state index in [1.54, 1.807) is 6.20 Å². The maximum absolute atomic E-state index is 5.96. The summed E-state index contributed by atoms with van der Waals surface area (Å²) in [6.07, 6.45) is 7.19. The van der Waals surface area contributed by atoms with Crippen molar-refractivity contribution in [3.63, 3.8) is 0 Å². The molecule has 0 bridgehead atoms. The van der Waals surface area contributed by atoms with Crippen LogP contribution in [0.2, 0.25) is 0 Å². The zero-order valence-electron chi connectivity index (χ0n) is 13.9. The first-order valence-corrected chi connectivity index (χ1v) is 8.89. The molecule has 2 aromatic rings. The van der Waals surface area contributed by atoms with E-state index < -0.39 is 0 Å². The summed E-state index contributed by atoms with van der Waals surface area (Å²) in [6, 6.07) is 4.43. The number of aromatic amines is 1. The molecule has 1 saturated carbocycles. The fraction of sp³-hybridized carbons (Fsp3) is 0.588. The van der Waals surface area contributed by atoms with Crippen molar-refractivity contribution in [1.29, 1.82) is 0 Å². The molecule has 7 nitrogen and oxygen atoms in total. The van der Waals surface area contributed by atoms with Crippen LogP contribution in [0.5, 0.6) is 0 Å². The summed E-state index contributed by atoms with van der Waals surface area (Å²) in [4.78, 5) is 11.9. The molecule has 1 aliphatic heterocycles. The van der Waals surface area contributed by atoms with Crippen LogP contribution in [-0.2, 0) is 6.42 Å². The third-order valence-corrected chi connectivity index (χ3v) is 4.97. The fourth-order valence-corrected chi connectivity index (χ4v) is 3.46. The lowest BCUT2D eigenvalue weighted by Crippen LogP contribution is -2.35. The Morgan fingerprint density at radius 2 is 2.08 bits per heavy atom. The third kappa shape index (κ3) is 3.36. The summed E-state index contributed by atoms with van der Waals surface area (Å²) >= 11 is 0. The van der Waals surface area contributed by atoms with Crippen LogP contribution in [0, 0.1) is 0 Å². The van der Waals surface area contributed by atoms with E-state index in [1.807, 2.05) is 6.07 Å². The van der Waals surface area contributed by atoms with E-state index in [9.17, 15) is 0 Å². The van der Waals surface area contributed by atoms with Crippen LogP contribution in [-0.4, -0.2) is 45.8 Å². The van der Waals surface area contributed by atoms with Gasteiger partial charge in [0.2, 0.25) is 5.95 Å². The van der Waals surface area contributed by atoms with E-state index >= 15 is 0 Å². The second-order valence-corrected chi connectivity index (χ2v) is 6.86. The Labute approximate surface area is 142 Å². The second-order valence-electron chi connectivity index (χ2n) is 6.86. The Hall–Kier alpha value is -2.15. The zero-order valence-corrected chi connectivity index (χ0v) is 13.9. The van der Waals surface area contributed by atoms with Gasteiger partial charge in [-0.05, 0) is 31.7 Å². The van der Waals surface area contributed by atoms with Crippen LogP contribution in [0.25, 0.3) is 0 Å². The highest BCUT2D eigenvalue weighted by Crippen LogP contribution is 2.36. The van der Waals surface area contributed by atoms with Gasteiger partial charge in [-0.3, -0.25) is 5.10 Å². The number of anilines is 2. The van der Waals surface area contributed by atoms with E-state index in [0.29, 0.717) is 12.0 Å². The summed E-state index contributed by atoms with van der Waals surface area (Å²) < 4.78 is 0. The molecular formula is C17H25N7. The van der Waals surface area contributed by atoms with Crippen molar-refractivity contribution in [1.82, 2.24) is 20.2 Å². The SMILES string of the molecule is NC1CC(c2cc(NCCc3ccn[nH]3)nc(N3CCCC3)n2)C1. The third-order valence-electron chi connectivity index (χ3n) is 4.97. The zero-order chi connectivity index (χ0) is 16.4. The van der Waals surface area contributed by atoms with Gasteiger partial charge in [0.05, 0.1) is 5.69 Å². The normalized spacial score (nSPS) is 23.3. The number of hydrogen-bond acceptors (Lipinski definition) is 6. The highest BCUT2D eigenvalue weighted by atomic mass is 15.3. The standard InChI is InChI=1S/C17H25N7/c18-13-9-12(10-13)15-11-16(19-5-3-14-4-6-20-23-14)22-17(21-15)24-7-1-2-8-24/h4,6,11-13H,1-3,5,7-10,18H2,(H,20,23)(H,19,21,22). The Morgan fingerprint density at radius 1 is 1.25 bits per heavy atom. The van der Waals surface area contributed by atoms with Crippen molar-refractivity contribution >= 4 is 11.8 Å². The van der Waals surface area contributed by atoms with Crippen molar-refractivity contribution in [2.75, 3.05) is 29.9 Å². The van der Waals surface area contributed by atoms with E-state index in [-0.39, 0.29) is 0 Å². The van der Waals surface area contributed by atoms with Crippen molar-refractivity contribution < 1.29 is 0 Å². The number of hydrogen-bond donors (Lipinski definition) is 3. The predicted octanol–water partition coefficient (Wildman–Crippen LogP) is 1.66. The van der Waals surface area contributed by atoms with Crippen LogP contribution in [0.1, 0.15) is 43.0 Å². The second kappa shape index (κ2) is 6.76. The molecule has 2 fully saturated rings. The summed E-state index contributed by atoms with van der Waals surface area (Å²) in [5.74, 6) is 2.27. The monoisotopic (exact) mass is 327 g/mol. The summed E-state index contributed by atoms with van der Waals surface area (Å²) in [5.41, 5.74) is 8.22. The van der Waals surface area contributed by atoms with Gasteiger partial charge in [0.1, 0.15) is 5.82 Å². The maximum atomic E-state index is 5.96. The largest absolute Gasteiger partial charge is 0.370 e. The molecule has 2 aromatic heterocycles. The minimum Gasteiger partial charge on any atom is -0.370 e. The number of rotatable bonds is 6. The van der Waals surface area contributed by atoms with E-state index in [1.165, 1.54) is 12.8 Å². The topological polar surface area (TPSA) is 95.7 Å². The van der Waals surface area contributed by atoms with Gasteiger partial charge >= 0.3 is 0 Å². The molecule has 4 N–H and O–H groups in total. The Morgan fingerprint density at radius 3 is 2.79 bits per heavy atom. The molecule has 0 spiro atoms. The molecule has 4 rings (SSSR count). The van der Waals surface area contributed by atoms with Crippen LogP contribution in [0.3, 0.4) is 0 Å². The molecule has 0 amide bonds. The van der Waals surface area contributed by atoms with Gasteiger partial charge in [-0.1, -0.05) is 0 Å². The van der Waals surface area contributed by atoms with Gasteiger partial charge in [-0.25, -0.2) is 4.98 Å². The van der Waals surface area contributed by atoms with Crippen LogP contribution in [0.4, 0.5) is 11.8 Å². The van der Waals surface area contributed by atoms with Crippen molar-refractivity contribution in [3.8, 4) is 0 Å². The molecule has 128 valence electrons. The lowest BCUT2D eigenvalue weighted by atomic mass is 9.78. The van der Waals surface area contributed by atoms with E-state index in [2.05, 4.69) is 26.5 Å². The van der Waals surface area contributed by atoms with Crippen molar-refractivity contribution in [3.05, 3.63) is 29.7 Å². The molecule has 0 aromatic carbocycles. The quantitative estimate of drug-likeness (QED) is 0.747. The highest BCUT2D eigenvalue weighted by molar-refractivity contribution is 5.45. The number of nitrogens with two attached hydrogens (primary N) is 1. The average molecular weight is 327 g/mol. The summed E-state index contributed by atoms with van der Waals surface area (Å²) in [6.45, 7) is 2.94. The minimum absolute atomic E-state index is 0.331. The van der Waals surface area contributed by atoms with Crippen LogP contribution in [0.15, 0.2) is 18.3 Å². The maximum Gasteiger partial charge on any atom is 0.227 e. The number of H-pyrrole nitrogens is 1. The Bertz CT molecular complexity index is 658. The first-order valence-electron chi connectivity index (χ1n) is 8.89. The molecule has 3 heterocycles. The van der Waals surface area contributed by atoms with Crippen molar-refractivity contribution in [2.45, 2.75) is 44.1 Å². The molecule has 0 unspecified atom stereocenters. The lowest BCUT2D eigenvalue weighted by molar-refractivity contribution is 0.345.